The highest BCUT2D eigenvalue weighted by atomic mass is 16.2. The van der Waals surface area contributed by atoms with Gasteiger partial charge in [-0.05, 0) is 38.5 Å². The SMILES string of the molecule is CC1CCN(C(=O)c2n[nH]c(C3CC3)n2)C(C)C1. The largest absolute Gasteiger partial charge is 0.333 e. The van der Waals surface area contributed by atoms with Crippen LogP contribution < -0.4 is 0 Å². The van der Waals surface area contributed by atoms with E-state index in [1.165, 1.54) is 12.8 Å². The lowest BCUT2D eigenvalue weighted by Crippen LogP contribution is -2.44. The van der Waals surface area contributed by atoms with E-state index in [2.05, 4.69) is 29.0 Å². The molecule has 1 aromatic heterocycles. The van der Waals surface area contributed by atoms with Crippen molar-refractivity contribution in [2.45, 2.75) is 51.5 Å². The summed E-state index contributed by atoms with van der Waals surface area (Å²) in [7, 11) is 0. The molecule has 0 spiro atoms. The van der Waals surface area contributed by atoms with Crippen molar-refractivity contribution < 1.29 is 4.79 Å². The Morgan fingerprint density at radius 2 is 2.11 bits per heavy atom. The zero-order valence-corrected chi connectivity index (χ0v) is 11.0. The molecule has 1 saturated heterocycles. The number of nitrogens with zero attached hydrogens (tertiary/aromatic N) is 3. The average Bonchev–Trinajstić information content (AvgIpc) is 3.06. The van der Waals surface area contributed by atoms with Gasteiger partial charge in [-0.25, -0.2) is 4.98 Å². The minimum atomic E-state index is -0.0162. The Morgan fingerprint density at radius 1 is 1.33 bits per heavy atom. The summed E-state index contributed by atoms with van der Waals surface area (Å²) in [4.78, 5) is 18.6. The van der Waals surface area contributed by atoms with Crippen LogP contribution in [0.5, 0.6) is 0 Å². The Hall–Kier alpha value is -1.39. The van der Waals surface area contributed by atoms with Crippen LogP contribution in [0, 0.1) is 5.92 Å². The maximum Gasteiger partial charge on any atom is 0.293 e. The first-order valence-corrected chi connectivity index (χ1v) is 6.88. The van der Waals surface area contributed by atoms with Crippen LogP contribution in [0.3, 0.4) is 0 Å². The lowest BCUT2D eigenvalue weighted by molar-refractivity contribution is 0.0576. The van der Waals surface area contributed by atoms with Gasteiger partial charge < -0.3 is 4.90 Å². The summed E-state index contributed by atoms with van der Waals surface area (Å²) >= 11 is 0. The summed E-state index contributed by atoms with van der Waals surface area (Å²) < 4.78 is 0. The van der Waals surface area contributed by atoms with Gasteiger partial charge in [-0.2, -0.15) is 0 Å². The topological polar surface area (TPSA) is 61.9 Å². The molecule has 1 saturated carbocycles. The molecular weight excluding hydrogens is 228 g/mol. The molecule has 1 aliphatic heterocycles. The molecule has 0 aromatic carbocycles. The number of hydrogen-bond acceptors (Lipinski definition) is 3. The van der Waals surface area contributed by atoms with Crippen LogP contribution in [0.15, 0.2) is 0 Å². The average molecular weight is 248 g/mol. The highest BCUT2D eigenvalue weighted by molar-refractivity contribution is 5.90. The first-order chi connectivity index (χ1) is 8.65. The minimum absolute atomic E-state index is 0.0162. The van der Waals surface area contributed by atoms with Crippen LogP contribution >= 0.6 is 0 Å². The van der Waals surface area contributed by atoms with Gasteiger partial charge in [0.1, 0.15) is 5.82 Å². The third-order valence-electron chi connectivity index (χ3n) is 4.06. The van der Waals surface area contributed by atoms with E-state index in [1.807, 2.05) is 4.90 Å². The molecule has 2 fully saturated rings. The maximum absolute atomic E-state index is 12.4. The van der Waals surface area contributed by atoms with Crippen LogP contribution in [0.4, 0.5) is 0 Å². The third kappa shape index (κ3) is 2.13. The predicted molar refractivity (Wildman–Crippen MR) is 67.3 cm³/mol. The van der Waals surface area contributed by atoms with Crippen LogP contribution in [-0.2, 0) is 0 Å². The van der Waals surface area contributed by atoms with E-state index in [-0.39, 0.29) is 5.91 Å². The third-order valence-corrected chi connectivity index (χ3v) is 4.06. The van der Waals surface area contributed by atoms with Crippen molar-refractivity contribution in [2.24, 2.45) is 5.92 Å². The first-order valence-electron chi connectivity index (χ1n) is 6.88. The number of rotatable bonds is 2. The van der Waals surface area contributed by atoms with Gasteiger partial charge in [-0.3, -0.25) is 9.89 Å². The van der Waals surface area contributed by atoms with Crippen LogP contribution in [0.25, 0.3) is 0 Å². The Bertz CT molecular complexity index is 452. The van der Waals surface area contributed by atoms with Crippen molar-refractivity contribution in [2.75, 3.05) is 6.54 Å². The van der Waals surface area contributed by atoms with E-state index in [1.54, 1.807) is 0 Å². The van der Waals surface area contributed by atoms with Crippen molar-refractivity contribution in [1.29, 1.82) is 0 Å². The number of nitrogens with one attached hydrogen (secondary N) is 1. The molecular formula is C13H20N4O. The number of amides is 1. The summed E-state index contributed by atoms with van der Waals surface area (Å²) in [5.41, 5.74) is 0. The number of H-pyrrole nitrogens is 1. The Morgan fingerprint density at radius 3 is 2.78 bits per heavy atom. The minimum Gasteiger partial charge on any atom is -0.333 e. The Labute approximate surface area is 107 Å². The van der Waals surface area contributed by atoms with Gasteiger partial charge in [0, 0.05) is 18.5 Å². The number of aromatic nitrogens is 3. The number of hydrogen-bond donors (Lipinski definition) is 1. The zero-order valence-electron chi connectivity index (χ0n) is 11.0. The second kappa shape index (κ2) is 4.37. The second-order valence-corrected chi connectivity index (χ2v) is 5.80. The molecule has 2 unspecified atom stereocenters. The van der Waals surface area contributed by atoms with E-state index < -0.39 is 0 Å². The van der Waals surface area contributed by atoms with Crippen molar-refractivity contribution >= 4 is 5.91 Å². The van der Waals surface area contributed by atoms with E-state index >= 15 is 0 Å². The monoisotopic (exact) mass is 248 g/mol. The normalized spacial score (nSPS) is 28.4. The van der Waals surface area contributed by atoms with Crippen molar-refractivity contribution in [3.05, 3.63) is 11.6 Å². The summed E-state index contributed by atoms with van der Waals surface area (Å²) in [5, 5.41) is 6.98. The summed E-state index contributed by atoms with van der Waals surface area (Å²) in [6.45, 7) is 5.19. The summed E-state index contributed by atoms with van der Waals surface area (Å²) in [6, 6.07) is 0.295. The van der Waals surface area contributed by atoms with Gasteiger partial charge in [0.05, 0.1) is 0 Å². The number of carbonyl (C=O) groups excluding carboxylic acids is 1. The fraction of sp³-hybridized carbons (Fsp3) is 0.769. The molecule has 2 aliphatic rings. The first kappa shape index (κ1) is 11.7. The molecule has 0 bridgehead atoms. The van der Waals surface area contributed by atoms with Crippen molar-refractivity contribution in [1.82, 2.24) is 20.1 Å². The molecule has 2 heterocycles. The zero-order chi connectivity index (χ0) is 12.7. The number of piperidine rings is 1. The highest BCUT2D eigenvalue weighted by Gasteiger charge is 2.32. The van der Waals surface area contributed by atoms with Crippen LogP contribution in [0.1, 0.15) is 61.9 Å². The molecule has 3 rings (SSSR count). The number of likely N-dealkylation sites (tertiary alicyclic amines) is 1. The van der Waals surface area contributed by atoms with Gasteiger partial charge in [0.25, 0.3) is 5.91 Å². The molecule has 98 valence electrons. The molecule has 0 radical (unpaired) electrons. The van der Waals surface area contributed by atoms with Gasteiger partial charge in [-0.15, -0.1) is 5.10 Å². The second-order valence-electron chi connectivity index (χ2n) is 5.80. The van der Waals surface area contributed by atoms with E-state index in [0.29, 0.717) is 23.7 Å². The summed E-state index contributed by atoms with van der Waals surface area (Å²) in [6.07, 6.45) is 4.49. The lowest BCUT2D eigenvalue weighted by Gasteiger charge is -2.35. The van der Waals surface area contributed by atoms with Crippen LogP contribution in [0.2, 0.25) is 0 Å². The van der Waals surface area contributed by atoms with Gasteiger partial charge in [0.2, 0.25) is 5.82 Å². The molecule has 5 nitrogen and oxygen atoms in total. The van der Waals surface area contributed by atoms with Gasteiger partial charge in [0.15, 0.2) is 0 Å². The number of carbonyl (C=O) groups is 1. The van der Waals surface area contributed by atoms with Crippen molar-refractivity contribution in [3.63, 3.8) is 0 Å². The fourth-order valence-electron chi connectivity index (χ4n) is 2.75. The standard InChI is InChI=1S/C13H20N4O/c1-8-5-6-17(9(2)7-8)13(18)12-14-11(15-16-12)10-3-4-10/h8-10H,3-7H2,1-2H3,(H,14,15,16). The highest BCUT2D eigenvalue weighted by Crippen LogP contribution is 2.37. The van der Waals surface area contributed by atoms with Gasteiger partial charge >= 0.3 is 0 Å². The molecule has 5 heteroatoms. The predicted octanol–water partition coefficient (Wildman–Crippen LogP) is 1.94. The van der Waals surface area contributed by atoms with Gasteiger partial charge in [-0.1, -0.05) is 6.92 Å². The molecule has 1 N–H and O–H groups in total. The Kier molecular flexibility index (Phi) is 2.84. The van der Waals surface area contributed by atoms with Crippen LogP contribution in [-0.4, -0.2) is 38.6 Å². The molecule has 1 aromatic rings. The number of aromatic amines is 1. The molecule has 18 heavy (non-hydrogen) atoms. The van der Waals surface area contributed by atoms with E-state index in [4.69, 9.17) is 0 Å². The van der Waals surface area contributed by atoms with Crippen molar-refractivity contribution in [3.8, 4) is 0 Å². The smallest absolute Gasteiger partial charge is 0.293 e. The Balaban J connectivity index is 1.72. The quantitative estimate of drug-likeness (QED) is 0.870. The fourth-order valence-corrected chi connectivity index (χ4v) is 2.75. The maximum atomic E-state index is 12.4. The summed E-state index contributed by atoms with van der Waals surface area (Å²) in [5.74, 6) is 2.43. The molecule has 1 amide bonds. The molecule has 1 aliphatic carbocycles. The van der Waals surface area contributed by atoms with E-state index in [0.717, 1.165) is 25.2 Å². The lowest BCUT2D eigenvalue weighted by atomic mass is 9.93. The van der Waals surface area contributed by atoms with E-state index in [9.17, 15) is 4.79 Å². The molecule has 2 atom stereocenters.